The fraction of sp³-hybridized carbons (Fsp3) is 0.273. The van der Waals surface area contributed by atoms with Gasteiger partial charge in [0.1, 0.15) is 0 Å². The molecule has 2 rings (SSSR count). The second-order valence-electron chi connectivity index (χ2n) is 3.45. The molecule has 0 atom stereocenters. The summed E-state index contributed by atoms with van der Waals surface area (Å²) < 4.78 is 0.905. The van der Waals surface area contributed by atoms with Crippen LogP contribution in [0, 0.1) is 0 Å². The van der Waals surface area contributed by atoms with Gasteiger partial charge in [-0.3, -0.25) is 0 Å². The van der Waals surface area contributed by atoms with Crippen LogP contribution in [0.2, 0.25) is 0 Å². The number of halogens is 1. The zero-order valence-electron chi connectivity index (χ0n) is 8.93. The first-order valence-corrected chi connectivity index (χ1v) is 6.64. The van der Waals surface area contributed by atoms with Crippen molar-refractivity contribution in [1.82, 2.24) is 9.97 Å². The average Bonchev–Trinajstić information content (AvgIpc) is 2.80. The largest absolute Gasteiger partial charge is 0.344 e. The quantitative estimate of drug-likeness (QED) is 0.869. The zero-order valence-corrected chi connectivity index (χ0v) is 11.3. The molecule has 0 bridgehead atoms. The fourth-order valence-electron chi connectivity index (χ4n) is 1.34. The molecule has 0 saturated carbocycles. The van der Waals surface area contributed by atoms with E-state index < -0.39 is 0 Å². The standard InChI is InChI=1S/C11H12BrN3S/c1-15(5-4-10-3-2-6-16-10)11-13-7-9(12)8-14-11/h2-3,6-8H,4-5H2,1H3. The number of aromatic nitrogens is 2. The molecule has 2 aromatic heterocycles. The molecule has 0 amide bonds. The normalized spacial score (nSPS) is 10.4. The van der Waals surface area contributed by atoms with Gasteiger partial charge in [0, 0.05) is 30.9 Å². The lowest BCUT2D eigenvalue weighted by Gasteiger charge is -2.15. The van der Waals surface area contributed by atoms with Crippen LogP contribution in [0.5, 0.6) is 0 Å². The maximum Gasteiger partial charge on any atom is 0.225 e. The highest BCUT2D eigenvalue weighted by molar-refractivity contribution is 9.10. The minimum Gasteiger partial charge on any atom is -0.344 e. The van der Waals surface area contributed by atoms with Crippen LogP contribution >= 0.6 is 27.3 Å². The van der Waals surface area contributed by atoms with Gasteiger partial charge < -0.3 is 4.90 Å². The highest BCUT2D eigenvalue weighted by Crippen LogP contribution is 2.12. The topological polar surface area (TPSA) is 29.0 Å². The third-order valence-electron chi connectivity index (χ3n) is 2.22. The van der Waals surface area contributed by atoms with Gasteiger partial charge >= 0.3 is 0 Å². The van der Waals surface area contributed by atoms with Crippen molar-refractivity contribution in [3.8, 4) is 0 Å². The third kappa shape index (κ3) is 3.02. The zero-order chi connectivity index (χ0) is 11.4. The van der Waals surface area contributed by atoms with Crippen molar-refractivity contribution >= 4 is 33.2 Å². The van der Waals surface area contributed by atoms with E-state index in [0.717, 1.165) is 23.4 Å². The molecule has 0 N–H and O–H groups in total. The molecule has 2 aromatic rings. The number of anilines is 1. The number of hydrogen-bond donors (Lipinski definition) is 0. The lowest BCUT2D eigenvalue weighted by molar-refractivity contribution is 0.844. The lowest BCUT2D eigenvalue weighted by atomic mass is 10.3. The van der Waals surface area contributed by atoms with E-state index in [1.807, 2.05) is 7.05 Å². The van der Waals surface area contributed by atoms with Crippen molar-refractivity contribution in [2.45, 2.75) is 6.42 Å². The van der Waals surface area contributed by atoms with Crippen LogP contribution in [0.1, 0.15) is 4.88 Å². The van der Waals surface area contributed by atoms with Crippen LogP contribution in [0.3, 0.4) is 0 Å². The lowest BCUT2D eigenvalue weighted by Crippen LogP contribution is -2.22. The van der Waals surface area contributed by atoms with Crippen LogP contribution in [0.25, 0.3) is 0 Å². The van der Waals surface area contributed by atoms with E-state index in [4.69, 9.17) is 0 Å². The molecule has 0 fully saturated rings. The van der Waals surface area contributed by atoms with Gasteiger partial charge in [-0.05, 0) is 33.8 Å². The van der Waals surface area contributed by atoms with Crippen LogP contribution in [-0.2, 0) is 6.42 Å². The second kappa shape index (κ2) is 5.41. The number of rotatable bonds is 4. The molecule has 16 heavy (non-hydrogen) atoms. The van der Waals surface area contributed by atoms with Gasteiger partial charge in [-0.2, -0.15) is 0 Å². The molecule has 3 nitrogen and oxygen atoms in total. The summed E-state index contributed by atoms with van der Waals surface area (Å²) in [5, 5.41) is 2.10. The Morgan fingerprint density at radius 2 is 2.12 bits per heavy atom. The van der Waals surface area contributed by atoms with Gasteiger partial charge in [0.25, 0.3) is 0 Å². The van der Waals surface area contributed by atoms with Crippen molar-refractivity contribution in [3.05, 3.63) is 39.3 Å². The molecule has 2 heterocycles. The molecule has 5 heteroatoms. The number of hydrogen-bond acceptors (Lipinski definition) is 4. The first-order valence-electron chi connectivity index (χ1n) is 4.97. The van der Waals surface area contributed by atoms with Crippen molar-refractivity contribution in [3.63, 3.8) is 0 Å². The molecule has 0 aliphatic carbocycles. The van der Waals surface area contributed by atoms with Crippen molar-refractivity contribution in [1.29, 1.82) is 0 Å². The summed E-state index contributed by atoms with van der Waals surface area (Å²) in [7, 11) is 2.01. The highest BCUT2D eigenvalue weighted by atomic mass is 79.9. The summed E-state index contributed by atoms with van der Waals surface area (Å²) in [6.07, 6.45) is 4.57. The van der Waals surface area contributed by atoms with E-state index in [2.05, 4.69) is 48.3 Å². The summed E-state index contributed by atoms with van der Waals surface area (Å²) >= 11 is 5.11. The van der Waals surface area contributed by atoms with Crippen LogP contribution in [-0.4, -0.2) is 23.6 Å². The van der Waals surface area contributed by atoms with Crippen molar-refractivity contribution in [2.24, 2.45) is 0 Å². The minimum absolute atomic E-state index is 0.764. The Labute approximate surface area is 107 Å². The van der Waals surface area contributed by atoms with Gasteiger partial charge in [-0.1, -0.05) is 6.07 Å². The molecule has 0 radical (unpaired) electrons. The summed E-state index contributed by atoms with van der Waals surface area (Å²) in [6.45, 7) is 0.933. The molecule has 0 unspecified atom stereocenters. The Morgan fingerprint density at radius 3 is 2.75 bits per heavy atom. The molecule has 84 valence electrons. The van der Waals surface area contributed by atoms with Gasteiger partial charge in [0.2, 0.25) is 5.95 Å². The summed E-state index contributed by atoms with van der Waals surface area (Å²) in [4.78, 5) is 12.0. The molecule has 0 aliphatic rings. The molecule has 0 spiro atoms. The Kier molecular flexibility index (Phi) is 3.90. The van der Waals surface area contributed by atoms with E-state index in [1.54, 1.807) is 23.7 Å². The van der Waals surface area contributed by atoms with Crippen LogP contribution < -0.4 is 4.90 Å². The Balaban J connectivity index is 1.93. The SMILES string of the molecule is CN(CCc1cccs1)c1ncc(Br)cn1. The van der Waals surface area contributed by atoms with Gasteiger partial charge in [-0.25, -0.2) is 9.97 Å². The third-order valence-corrected chi connectivity index (χ3v) is 3.57. The smallest absolute Gasteiger partial charge is 0.225 e. The van der Waals surface area contributed by atoms with Gasteiger partial charge in [0.05, 0.1) is 4.47 Å². The molecule has 0 aromatic carbocycles. The number of thiophene rings is 1. The number of likely N-dealkylation sites (N-methyl/N-ethyl adjacent to an activating group) is 1. The molecular formula is C11H12BrN3S. The Bertz CT molecular complexity index is 427. The molecular weight excluding hydrogens is 286 g/mol. The summed E-state index contributed by atoms with van der Waals surface area (Å²) in [5.41, 5.74) is 0. The second-order valence-corrected chi connectivity index (χ2v) is 5.40. The van der Waals surface area contributed by atoms with E-state index in [9.17, 15) is 0 Å². The van der Waals surface area contributed by atoms with E-state index in [1.165, 1.54) is 4.88 Å². The van der Waals surface area contributed by atoms with Crippen molar-refractivity contribution in [2.75, 3.05) is 18.5 Å². The summed E-state index contributed by atoms with van der Waals surface area (Å²) in [6, 6.07) is 4.23. The van der Waals surface area contributed by atoms with Crippen LogP contribution in [0.15, 0.2) is 34.4 Å². The van der Waals surface area contributed by atoms with Gasteiger partial charge in [0.15, 0.2) is 0 Å². The van der Waals surface area contributed by atoms with E-state index in [-0.39, 0.29) is 0 Å². The van der Waals surface area contributed by atoms with Gasteiger partial charge in [-0.15, -0.1) is 11.3 Å². The fourth-order valence-corrected chi connectivity index (χ4v) is 2.24. The number of nitrogens with zero attached hydrogens (tertiary/aromatic N) is 3. The van der Waals surface area contributed by atoms with Crippen molar-refractivity contribution < 1.29 is 0 Å². The van der Waals surface area contributed by atoms with Crippen LogP contribution in [0.4, 0.5) is 5.95 Å². The minimum atomic E-state index is 0.764. The predicted octanol–water partition coefficient (Wildman–Crippen LogP) is 2.98. The maximum absolute atomic E-state index is 4.25. The van der Waals surface area contributed by atoms with E-state index in [0.29, 0.717) is 0 Å². The highest BCUT2D eigenvalue weighted by Gasteiger charge is 2.04. The molecule has 0 aliphatic heterocycles. The molecule has 0 saturated heterocycles. The first-order chi connectivity index (χ1) is 7.75. The Morgan fingerprint density at radius 1 is 1.38 bits per heavy atom. The predicted molar refractivity (Wildman–Crippen MR) is 71.0 cm³/mol. The van der Waals surface area contributed by atoms with E-state index >= 15 is 0 Å². The maximum atomic E-state index is 4.25. The average molecular weight is 298 g/mol. The summed E-state index contributed by atoms with van der Waals surface area (Å²) in [5.74, 6) is 0.764. The Hall–Kier alpha value is -0.940. The first kappa shape index (κ1) is 11.5. The monoisotopic (exact) mass is 297 g/mol.